The molecule has 4 heterocycles. The summed E-state index contributed by atoms with van der Waals surface area (Å²) in [6, 6.07) is 13.3. The second-order valence-electron chi connectivity index (χ2n) is 6.02. The van der Waals surface area contributed by atoms with Gasteiger partial charge in [0.05, 0.1) is 5.69 Å². The Balaban J connectivity index is 2.07. The number of hydrogen-bond donors (Lipinski definition) is 1. The first-order chi connectivity index (χ1) is 12.1. The molecule has 0 unspecified atom stereocenters. The first-order valence-electron chi connectivity index (χ1n) is 8.00. The van der Waals surface area contributed by atoms with E-state index in [4.69, 9.17) is 4.98 Å². The third kappa shape index (κ3) is 2.92. The average Bonchev–Trinajstić information content (AvgIpc) is 2.60. The van der Waals surface area contributed by atoms with Gasteiger partial charge in [-0.25, -0.2) is 4.98 Å². The van der Waals surface area contributed by atoms with E-state index in [2.05, 4.69) is 21.0 Å². The Hall–Kier alpha value is -3.34. The Morgan fingerprint density at radius 3 is 2.28 bits per heavy atom. The quantitative estimate of drug-likeness (QED) is 0.609. The maximum absolute atomic E-state index is 11.7. The topological polar surface area (TPSA) is 71.5 Å². The molecular weight excluding hydrogens is 312 g/mol. The molecule has 0 saturated heterocycles. The zero-order chi connectivity index (χ0) is 17.4. The molecule has 4 aromatic heterocycles. The average molecular weight is 328 g/mol. The molecule has 5 heteroatoms. The van der Waals surface area contributed by atoms with Crippen molar-refractivity contribution in [2.24, 2.45) is 0 Å². The smallest absolute Gasteiger partial charge is 0.249 e. The highest BCUT2D eigenvalue weighted by Crippen LogP contribution is 2.33. The molecular formula is C20H16N4O. The number of rotatable bonds is 2. The van der Waals surface area contributed by atoms with Crippen molar-refractivity contribution >= 4 is 11.0 Å². The molecule has 0 aliphatic rings. The number of fused-ring (bicyclic) bond motifs is 1. The summed E-state index contributed by atoms with van der Waals surface area (Å²) in [4.78, 5) is 27.7. The number of hydrogen-bond acceptors (Lipinski definition) is 4. The highest BCUT2D eigenvalue weighted by Gasteiger charge is 2.13. The van der Waals surface area contributed by atoms with E-state index in [1.54, 1.807) is 18.5 Å². The minimum absolute atomic E-state index is 0.163. The third-order valence-corrected chi connectivity index (χ3v) is 4.05. The van der Waals surface area contributed by atoms with Gasteiger partial charge in [0, 0.05) is 46.4 Å². The molecule has 1 N–H and O–H groups in total. The Morgan fingerprint density at radius 1 is 0.840 bits per heavy atom. The predicted molar refractivity (Wildman–Crippen MR) is 98.3 cm³/mol. The van der Waals surface area contributed by atoms with E-state index >= 15 is 0 Å². The largest absolute Gasteiger partial charge is 0.307 e. The van der Waals surface area contributed by atoms with Crippen LogP contribution in [0.2, 0.25) is 0 Å². The number of pyridine rings is 4. The minimum Gasteiger partial charge on any atom is -0.307 e. The maximum atomic E-state index is 11.7. The molecule has 0 bridgehead atoms. The van der Waals surface area contributed by atoms with Gasteiger partial charge in [0.25, 0.3) is 0 Å². The van der Waals surface area contributed by atoms with Crippen LogP contribution in [0.1, 0.15) is 11.4 Å². The highest BCUT2D eigenvalue weighted by molar-refractivity contribution is 5.90. The highest BCUT2D eigenvalue weighted by atomic mass is 16.1. The summed E-state index contributed by atoms with van der Waals surface area (Å²) in [5.74, 6) is 0. The molecule has 0 fully saturated rings. The van der Waals surface area contributed by atoms with Crippen LogP contribution in [0.4, 0.5) is 0 Å². The Labute approximate surface area is 144 Å². The van der Waals surface area contributed by atoms with E-state index in [0.717, 1.165) is 39.2 Å². The Bertz CT molecular complexity index is 1110. The van der Waals surface area contributed by atoms with E-state index in [-0.39, 0.29) is 5.56 Å². The molecule has 122 valence electrons. The molecule has 0 spiro atoms. The predicted octanol–water partition coefficient (Wildman–Crippen LogP) is 3.66. The second-order valence-corrected chi connectivity index (χ2v) is 6.02. The molecule has 0 saturated carbocycles. The van der Waals surface area contributed by atoms with Crippen molar-refractivity contribution in [2.75, 3.05) is 0 Å². The van der Waals surface area contributed by atoms with Crippen molar-refractivity contribution in [3.63, 3.8) is 0 Å². The van der Waals surface area contributed by atoms with Gasteiger partial charge in [-0.1, -0.05) is 0 Å². The maximum Gasteiger partial charge on any atom is 0.249 e. The first-order valence-corrected chi connectivity index (χ1v) is 8.00. The fourth-order valence-electron chi connectivity index (χ4n) is 3.02. The molecule has 4 aromatic rings. The summed E-state index contributed by atoms with van der Waals surface area (Å²) in [7, 11) is 0. The lowest BCUT2D eigenvalue weighted by atomic mass is 9.98. The van der Waals surface area contributed by atoms with Gasteiger partial charge in [-0.05, 0) is 55.8 Å². The van der Waals surface area contributed by atoms with Crippen LogP contribution in [0, 0.1) is 13.8 Å². The van der Waals surface area contributed by atoms with Gasteiger partial charge in [0.2, 0.25) is 5.56 Å². The molecule has 5 nitrogen and oxygen atoms in total. The van der Waals surface area contributed by atoms with Crippen LogP contribution in [0.5, 0.6) is 0 Å². The number of H-pyrrole nitrogens is 1. The molecule has 0 amide bonds. The molecule has 0 aromatic carbocycles. The van der Waals surface area contributed by atoms with Crippen LogP contribution in [-0.2, 0) is 0 Å². The van der Waals surface area contributed by atoms with Crippen LogP contribution in [0.25, 0.3) is 33.4 Å². The van der Waals surface area contributed by atoms with E-state index in [1.807, 2.05) is 38.1 Å². The zero-order valence-electron chi connectivity index (χ0n) is 13.9. The number of nitrogens with zero attached hydrogens (tertiary/aromatic N) is 3. The van der Waals surface area contributed by atoms with E-state index in [9.17, 15) is 4.79 Å². The van der Waals surface area contributed by atoms with E-state index in [1.165, 1.54) is 6.07 Å². The van der Waals surface area contributed by atoms with Gasteiger partial charge in [0.1, 0.15) is 5.65 Å². The van der Waals surface area contributed by atoms with Gasteiger partial charge < -0.3 is 4.98 Å². The molecule has 4 rings (SSSR count). The molecule has 0 aliphatic carbocycles. The Morgan fingerprint density at radius 2 is 1.56 bits per heavy atom. The van der Waals surface area contributed by atoms with Crippen LogP contribution in [0.3, 0.4) is 0 Å². The van der Waals surface area contributed by atoms with Gasteiger partial charge in [-0.3, -0.25) is 14.8 Å². The fourth-order valence-corrected chi connectivity index (χ4v) is 3.02. The van der Waals surface area contributed by atoms with Crippen molar-refractivity contribution in [3.05, 3.63) is 76.6 Å². The SMILES string of the molecule is Cc1cc(-c2cc3ccc(=O)[nH]c3nc2-c2ccncc2)cc(C)n1. The molecule has 0 aliphatic heterocycles. The van der Waals surface area contributed by atoms with Gasteiger partial charge in [-0.15, -0.1) is 0 Å². The van der Waals surface area contributed by atoms with Gasteiger partial charge >= 0.3 is 0 Å². The number of aromatic amines is 1. The van der Waals surface area contributed by atoms with Crippen molar-refractivity contribution in [3.8, 4) is 22.4 Å². The van der Waals surface area contributed by atoms with E-state index < -0.39 is 0 Å². The number of nitrogens with one attached hydrogen (secondary N) is 1. The lowest BCUT2D eigenvalue weighted by Crippen LogP contribution is -2.04. The number of aromatic nitrogens is 4. The zero-order valence-corrected chi connectivity index (χ0v) is 13.9. The summed E-state index contributed by atoms with van der Waals surface area (Å²) in [6.07, 6.45) is 3.48. The standard InChI is InChI=1S/C20H16N4O/c1-12-9-16(10-13(2)22-12)17-11-15-3-4-18(25)23-20(15)24-19(17)14-5-7-21-8-6-14/h3-11H,1-2H3,(H,23,24,25). The summed E-state index contributed by atoms with van der Waals surface area (Å²) in [5.41, 5.74) is 6.13. The summed E-state index contributed by atoms with van der Waals surface area (Å²) >= 11 is 0. The van der Waals surface area contributed by atoms with Crippen molar-refractivity contribution in [2.45, 2.75) is 13.8 Å². The molecule has 0 atom stereocenters. The van der Waals surface area contributed by atoms with Crippen LogP contribution in [-0.4, -0.2) is 19.9 Å². The second kappa shape index (κ2) is 5.94. The number of aryl methyl sites for hydroxylation is 2. The summed E-state index contributed by atoms with van der Waals surface area (Å²) in [5, 5.41) is 0.888. The van der Waals surface area contributed by atoms with Crippen molar-refractivity contribution in [1.82, 2.24) is 19.9 Å². The fraction of sp³-hybridized carbons (Fsp3) is 0.100. The monoisotopic (exact) mass is 328 g/mol. The van der Waals surface area contributed by atoms with Gasteiger partial charge in [-0.2, -0.15) is 0 Å². The van der Waals surface area contributed by atoms with Crippen molar-refractivity contribution in [1.29, 1.82) is 0 Å². The first kappa shape index (κ1) is 15.2. The summed E-state index contributed by atoms with van der Waals surface area (Å²) in [6.45, 7) is 3.96. The van der Waals surface area contributed by atoms with Crippen LogP contribution < -0.4 is 5.56 Å². The van der Waals surface area contributed by atoms with E-state index in [0.29, 0.717) is 5.65 Å². The molecule has 0 radical (unpaired) electrons. The van der Waals surface area contributed by atoms with Crippen LogP contribution >= 0.6 is 0 Å². The third-order valence-electron chi connectivity index (χ3n) is 4.05. The lowest BCUT2D eigenvalue weighted by molar-refractivity contribution is 1.12. The summed E-state index contributed by atoms with van der Waals surface area (Å²) < 4.78 is 0. The molecule has 25 heavy (non-hydrogen) atoms. The van der Waals surface area contributed by atoms with Crippen molar-refractivity contribution < 1.29 is 0 Å². The lowest BCUT2D eigenvalue weighted by Gasteiger charge is -2.12. The van der Waals surface area contributed by atoms with Crippen LogP contribution in [0.15, 0.2) is 59.7 Å². The van der Waals surface area contributed by atoms with Gasteiger partial charge in [0.15, 0.2) is 0 Å². The minimum atomic E-state index is -0.163. The normalized spacial score (nSPS) is 11.0. The Kier molecular flexibility index (Phi) is 3.61.